The van der Waals surface area contributed by atoms with Crippen molar-refractivity contribution in [2.24, 2.45) is 11.8 Å². The van der Waals surface area contributed by atoms with Crippen LogP contribution in [0.2, 0.25) is 0 Å². The molecule has 1 amide bonds. The minimum absolute atomic E-state index is 0.0409. The molecule has 0 aromatic carbocycles. The van der Waals surface area contributed by atoms with Crippen LogP contribution in [0.5, 0.6) is 11.8 Å². The van der Waals surface area contributed by atoms with Crippen molar-refractivity contribution < 1.29 is 15.0 Å². The molecule has 1 fully saturated rings. The predicted octanol–water partition coefficient (Wildman–Crippen LogP) is 2.73. The molecule has 4 aliphatic carbocycles. The first-order valence-electron chi connectivity index (χ1n) is 7.35. The lowest BCUT2D eigenvalue weighted by Crippen LogP contribution is -2.21. The lowest BCUT2D eigenvalue weighted by atomic mass is 9.73. The van der Waals surface area contributed by atoms with Crippen LogP contribution in [0.15, 0.2) is 29.0 Å². The lowest BCUT2D eigenvalue weighted by molar-refractivity contribution is 0.100. The number of nitrogens with one attached hydrogen (secondary N) is 1. The van der Waals surface area contributed by atoms with E-state index in [-0.39, 0.29) is 29.5 Å². The zero-order valence-corrected chi connectivity index (χ0v) is 12.4. The van der Waals surface area contributed by atoms with E-state index < -0.39 is 0 Å². The Balaban J connectivity index is 1.58. The molecular weight excluding hydrogens is 300 g/mol. The number of rotatable bonds is 2. The van der Waals surface area contributed by atoms with Crippen molar-refractivity contribution in [3.8, 4) is 11.8 Å². The highest BCUT2D eigenvalue weighted by Gasteiger charge is 2.57. The smallest absolute Gasteiger partial charge is 0.271 e. The van der Waals surface area contributed by atoms with E-state index in [2.05, 4.69) is 17.6 Å². The first kappa shape index (κ1) is 12.3. The second kappa shape index (κ2) is 3.95. The van der Waals surface area contributed by atoms with Crippen LogP contribution in [0.4, 0.5) is 0 Å². The molecule has 5 nitrogen and oxygen atoms in total. The number of carbonyl (C=O) groups is 1. The van der Waals surface area contributed by atoms with E-state index in [9.17, 15) is 15.0 Å². The second-order valence-electron chi connectivity index (χ2n) is 6.26. The van der Waals surface area contributed by atoms with Crippen molar-refractivity contribution in [2.45, 2.75) is 18.3 Å². The third-order valence-corrected chi connectivity index (χ3v) is 5.88. The summed E-state index contributed by atoms with van der Waals surface area (Å²) in [5.74, 6) is 1.06. The summed E-state index contributed by atoms with van der Waals surface area (Å²) in [5.41, 5.74) is 4.68. The summed E-state index contributed by atoms with van der Waals surface area (Å²) in [5, 5.41) is 24.6. The van der Waals surface area contributed by atoms with Gasteiger partial charge < -0.3 is 10.2 Å². The quantitative estimate of drug-likeness (QED) is 0.746. The van der Waals surface area contributed by atoms with E-state index >= 15 is 0 Å². The highest BCUT2D eigenvalue weighted by Crippen LogP contribution is 2.67. The number of nitrogens with zero attached hydrogens (tertiary/aromatic N) is 1. The normalized spacial score (nSPS) is 30.0. The van der Waals surface area contributed by atoms with E-state index in [0.717, 1.165) is 22.2 Å². The van der Waals surface area contributed by atoms with Gasteiger partial charge in [-0.3, -0.25) is 10.2 Å². The highest BCUT2D eigenvalue weighted by atomic mass is 32.1. The molecule has 0 aliphatic heterocycles. The largest absolute Gasteiger partial charge is 0.493 e. The fourth-order valence-electron chi connectivity index (χ4n) is 4.11. The van der Waals surface area contributed by atoms with Gasteiger partial charge in [0.25, 0.3) is 5.91 Å². The maximum absolute atomic E-state index is 12.2. The van der Waals surface area contributed by atoms with E-state index in [0.29, 0.717) is 17.4 Å². The van der Waals surface area contributed by atoms with Gasteiger partial charge in [0.15, 0.2) is 0 Å². The van der Waals surface area contributed by atoms with Gasteiger partial charge in [0.2, 0.25) is 11.8 Å². The average molecular weight is 314 g/mol. The number of hydrogen-bond acceptors (Lipinski definition) is 4. The maximum Gasteiger partial charge on any atom is 0.271 e. The third-order valence-electron chi connectivity index (χ3n) is 5.20. The number of thiophene rings is 1. The summed E-state index contributed by atoms with van der Waals surface area (Å²) in [4.78, 5) is 12.2. The molecule has 2 bridgehead atoms. The third kappa shape index (κ3) is 1.40. The molecular formula is C16H14N2O3S. The Kier molecular flexibility index (Phi) is 2.22. The average Bonchev–Trinajstić information content (AvgIpc) is 3.11. The Hall–Kier alpha value is -2.21. The van der Waals surface area contributed by atoms with E-state index in [1.165, 1.54) is 11.3 Å². The van der Waals surface area contributed by atoms with Crippen LogP contribution in [-0.4, -0.2) is 20.8 Å². The van der Waals surface area contributed by atoms with Crippen molar-refractivity contribution in [3.05, 3.63) is 45.7 Å². The zero-order valence-electron chi connectivity index (χ0n) is 11.6. The molecule has 3 N–H and O–H groups in total. The van der Waals surface area contributed by atoms with Crippen LogP contribution >= 0.6 is 11.3 Å². The summed E-state index contributed by atoms with van der Waals surface area (Å²) in [6.45, 7) is 0. The Morgan fingerprint density at radius 1 is 1.18 bits per heavy atom. The topological polar surface area (TPSA) is 74.5 Å². The minimum atomic E-state index is -0.343. The van der Waals surface area contributed by atoms with Crippen LogP contribution in [0.3, 0.4) is 0 Å². The highest BCUT2D eigenvalue weighted by molar-refractivity contribution is 7.08. The maximum atomic E-state index is 12.2. The molecule has 2 aromatic rings. The van der Waals surface area contributed by atoms with Crippen LogP contribution in [0.1, 0.15) is 39.7 Å². The van der Waals surface area contributed by atoms with Gasteiger partial charge in [-0.05, 0) is 29.7 Å². The van der Waals surface area contributed by atoms with E-state index in [1.54, 1.807) is 11.4 Å². The standard InChI is InChI=1S/C16H14N2O3S/c19-14(7-3-4-22-6-7)17-18-15(20)12-8-1-2-9(11-5-10(8)11)13(12)16(18)21/h1-4,6,8-11,20-21H,5H2,(H,17,19). The molecule has 0 spiro atoms. The van der Waals surface area contributed by atoms with Crippen LogP contribution in [-0.2, 0) is 0 Å². The molecule has 0 radical (unpaired) electrons. The van der Waals surface area contributed by atoms with Crippen molar-refractivity contribution in [3.63, 3.8) is 0 Å². The van der Waals surface area contributed by atoms with Gasteiger partial charge in [-0.15, -0.1) is 0 Å². The molecule has 6 rings (SSSR count). The van der Waals surface area contributed by atoms with Gasteiger partial charge in [0, 0.05) is 28.3 Å². The summed E-state index contributed by atoms with van der Waals surface area (Å²) < 4.78 is 1.13. The molecule has 2 aromatic heterocycles. The molecule has 1 saturated carbocycles. The van der Waals surface area contributed by atoms with Gasteiger partial charge in [-0.25, -0.2) is 0 Å². The molecule has 0 saturated heterocycles. The van der Waals surface area contributed by atoms with Crippen LogP contribution < -0.4 is 5.43 Å². The van der Waals surface area contributed by atoms with Gasteiger partial charge in [-0.2, -0.15) is 16.0 Å². The lowest BCUT2D eigenvalue weighted by Gasteiger charge is -2.29. The summed E-state index contributed by atoms with van der Waals surface area (Å²) in [6, 6.07) is 1.71. The molecule has 6 heteroatoms. The monoisotopic (exact) mass is 314 g/mol. The van der Waals surface area contributed by atoms with Crippen molar-refractivity contribution >= 4 is 17.2 Å². The fourth-order valence-corrected chi connectivity index (χ4v) is 4.75. The van der Waals surface area contributed by atoms with Gasteiger partial charge in [0.1, 0.15) is 0 Å². The second-order valence-corrected chi connectivity index (χ2v) is 7.04. The first-order valence-corrected chi connectivity index (χ1v) is 8.29. The summed E-state index contributed by atoms with van der Waals surface area (Å²) >= 11 is 1.43. The number of hydrogen-bond donors (Lipinski definition) is 3. The number of aromatic nitrogens is 1. The van der Waals surface area contributed by atoms with Gasteiger partial charge in [-0.1, -0.05) is 12.2 Å². The van der Waals surface area contributed by atoms with E-state index in [1.807, 2.05) is 5.38 Å². The Labute approximate surface area is 130 Å². The SMILES string of the molecule is O=C(Nn1c(O)c2c(c1O)C1C=CC2C2CC12)c1ccsc1. The summed E-state index contributed by atoms with van der Waals surface area (Å²) in [7, 11) is 0. The number of allylic oxidation sites excluding steroid dienone is 2. The molecule has 4 atom stereocenters. The predicted molar refractivity (Wildman–Crippen MR) is 82.0 cm³/mol. The van der Waals surface area contributed by atoms with Crippen LogP contribution in [0, 0.1) is 11.8 Å². The number of aromatic hydroxyl groups is 2. The van der Waals surface area contributed by atoms with Gasteiger partial charge in [0.05, 0.1) is 5.56 Å². The van der Waals surface area contributed by atoms with E-state index in [4.69, 9.17) is 0 Å². The summed E-state index contributed by atoms with van der Waals surface area (Å²) in [6.07, 6.45) is 5.41. The molecule has 112 valence electrons. The Morgan fingerprint density at radius 3 is 2.36 bits per heavy atom. The van der Waals surface area contributed by atoms with Crippen LogP contribution in [0.25, 0.3) is 0 Å². The molecule has 4 unspecified atom stereocenters. The fraction of sp³-hybridized carbons (Fsp3) is 0.312. The van der Waals surface area contributed by atoms with Crippen molar-refractivity contribution in [2.75, 3.05) is 5.43 Å². The molecule has 22 heavy (non-hydrogen) atoms. The number of carbonyl (C=O) groups excluding carboxylic acids is 1. The van der Waals surface area contributed by atoms with Gasteiger partial charge >= 0.3 is 0 Å². The Morgan fingerprint density at radius 2 is 1.82 bits per heavy atom. The van der Waals surface area contributed by atoms with Crippen molar-refractivity contribution in [1.82, 2.24) is 4.68 Å². The minimum Gasteiger partial charge on any atom is -0.493 e. The number of amides is 1. The Bertz CT molecular complexity index is 780. The molecule has 4 aliphatic rings. The van der Waals surface area contributed by atoms with Crippen molar-refractivity contribution in [1.29, 1.82) is 0 Å². The molecule has 2 heterocycles. The zero-order chi connectivity index (χ0) is 15.0. The first-order chi connectivity index (χ1) is 10.7.